The Morgan fingerprint density at radius 2 is 1.22 bits per heavy atom. The standard InChI is InChI=1S/C33H49N2O2/c1-5-7-8-9-10-11-12-13-14-17-23-28(22-6-2)33(3)31(36)34(29-24-18-15-19-25-29)35(4,32(33)37)30-26-20-16-21-27-30/h15-16,18-21,24-28H,5-14,17,22-23H2,1-4H3/q+1. The molecule has 2 aromatic carbocycles. The van der Waals surface area contributed by atoms with E-state index in [1.54, 1.807) is 5.01 Å². The van der Waals surface area contributed by atoms with Gasteiger partial charge in [0.25, 0.3) is 5.91 Å². The maximum atomic E-state index is 14.5. The third-order valence-electron chi connectivity index (χ3n) is 8.50. The number of para-hydroxylation sites is 2. The Balaban J connectivity index is 1.75. The van der Waals surface area contributed by atoms with Gasteiger partial charge in [-0.25, -0.2) is 4.79 Å². The van der Waals surface area contributed by atoms with E-state index in [9.17, 15) is 9.59 Å². The van der Waals surface area contributed by atoms with E-state index in [0.717, 1.165) is 37.1 Å². The molecule has 0 spiro atoms. The molecule has 0 aliphatic carbocycles. The van der Waals surface area contributed by atoms with E-state index < -0.39 is 5.41 Å². The van der Waals surface area contributed by atoms with Crippen molar-refractivity contribution in [1.29, 1.82) is 0 Å². The third-order valence-corrected chi connectivity index (χ3v) is 8.50. The molecule has 0 bridgehead atoms. The van der Waals surface area contributed by atoms with Gasteiger partial charge < -0.3 is 0 Å². The van der Waals surface area contributed by atoms with E-state index in [2.05, 4.69) is 13.8 Å². The van der Waals surface area contributed by atoms with Crippen molar-refractivity contribution in [3.05, 3.63) is 60.7 Å². The second-order valence-electron chi connectivity index (χ2n) is 11.2. The average molecular weight is 506 g/mol. The number of unbranched alkanes of at least 4 members (excludes halogenated alkanes) is 9. The fourth-order valence-electron chi connectivity index (χ4n) is 6.20. The average Bonchev–Trinajstić information content (AvgIpc) is 3.08. The topological polar surface area (TPSA) is 37.4 Å². The Kier molecular flexibility index (Phi) is 10.9. The number of hydrogen-bond donors (Lipinski definition) is 0. The lowest BCUT2D eigenvalue weighted by molar-refractivity contribution is -0.141. The molecule has 202 valence electrons. The summed E-state index contributed by atoms with van der Waals surface area (Å²) in [4.78, 5) is 28.8. The molecule has 37 heavy (non-hydrogen) atoms. The first kappa shape index (κ1) is 29.1. The van der Waals surface area contributed by atoms with E-state index in [1.807, 2.05) is 74.6 Å². The molecule has 0 saturated carbocycles. The molecule has 3 atom stereocenters. The van der Waals surface area contributed by atoms with Gasteiger partial charge in [-0.05, 0) is 37.8 Å². The van der Waals surface area contributed by atoms with Gasteiger partial charge in [0.15, 0.2) is 11.1 Å². The van der Waals surface area contributed by atoms with Crippen LogP contribution in [0.3, 0.4) is 0 Å². The van der Waals surface area contributed by atoms with Gasteiger partial charge in [0, 0.05) is 12.1 Å². The molecule has 1 saturated heterocycles. The van der Waals surface area contributed by atoms with Gasteiger partial charge in [-0.3, -0.25) is 4.79 Å². The largest absolute Gasteiger partial charge is 0.359 e. The zero-order valence-electron chi connectivity index (χ0n) is 23.8. The number of rotatable bonds is 16. The van der Waals surface area contributed by atoms with Gasteiger partial charge in [0.1, 0.15) is 7.05 Å². The maximum absolute atomic E-state index is 14.5. The summed E-state index contributed by atoms with van der Waals surface area (Å²) in [6, 6.07) is 19.5. The minimum absolute atomic E-state index is 0.0157. The summed E-state index contributed by atoms with van der Waals surface area (Å²) in [5.41, 5.74) is 0.545. The molecule has 2 amide bonds. The predicted octanol–water partition coefficient (Wildman–Crippen LogP) is 8.85. The molecule has 2 aromatic rings. The molecule has 4 heteroatoms. The first-order chi connectivity index (χ1) is 17.9. The lowest BCUT2D eigenvalue weighted by Crippen LogP contribution is -2.58. The van der Waals surface area contributed by atoms with Crippen molar-refractivity contribution in [3.63, 3.8) is 0 Å². The zero-order valence-corrected chi connectivity index (χ0v) is 23.8. The van der Waals surface area contributed by atoms with Crippen molar-refractivity contribution in [2.45, 2.75) is 104 Å². The molecule has 3 unspecified atom stereocenters. The van der Waals surface area contributed by atoms with E-state index in [-0.39, 0.29) is 22.3 Å². The monoisotopic (exact) mass is 505 g/mol. The minimum Gasteiger partial charge on any atom is -0.268 e. The summed E-state index contributed by atoms with van der Waals surface area (Å²) < 4.78 is -0.140. The molecule has 0 aromatic heterocycles. The molecule has 1 aliphatic rings. The molecule has 0 radical (unpaired) electrons. The van der Waals surface area contributed by atoms with Crippen LogP contribution >= 0.6 is 0 Å². The SMILES string of the molecule is CCCCCCCCCCCCC(CCC)C1(C)C(=O)N(c2ccccc2)[N+](C)(c2ccccc2)C1=O. The second kappa shape index (κ2) is 13.9. The highest BCUT2D eigenvalue weighted by Gasteiger charge is 2.69. The van der Waals surface area contributed by atoms with Crippen molar-refractivity contribution >= 4 is 23.2 Å². The smallest absolute Gasteiger partial charge is 0.268 e. The normalized spacial score (nSPS) is 22.5. The number of carbonyl (C=O) groups excluding carboxylic acids is 2. The molecular weight excluding hydrogens is 456 g/mol. The highest BCUT2D eigenvalue weighted by molar-refractivity contribution is 6.23. The molecule has 0 N–H and O–H groups in total. The number of carbonyl (C=O) groups is 2. The van der Waals surface area contributed by atoms with Gasteiger partial charge in [-0.1, -0.05) is 121 Å². The Labute approximate surface area is 225 Å². The number of anilines is 1. The van der Waals surface area contributed by atoms with Crippen molar-refractivity contribution in [1.82, 2.24) is 4.59 Å². The van der Waals surface area contributed by atoms with Gasteiger partial charge in [0.05, 0.1) is 5.69 Å². The van der Waals surface area contributed by atoms with E-state index >= 15 is 0 Å². The van der Waals surface area contributed by atoms with E-state index in [4.69, 9.17) is 0 Å². The minimum atomic E-state index is -1.05. The number of hydrogen-bond acceptors (Lipinski definition) is 2. The van der Waals surface area contributed by atoms with Crippen LogP contribution in [0.25, 0.3) is 0 Å². The van der Waals surface area contributed by atoms with Crippen LogP contribution in [0, 0.1) is 11.3 Å². The van der Waals surface area contributed by atoms with Crippen LogP contribution in [-0.2, 0) is 9.59 Å². The number of benzene rings is 2. The van der Waals surface area contributed by atoms with E-state index in [1.165, 1.54) is 57.8 Å². The predicted molar refractivity (Wildman–Crippen MR) is 156 cm³/mol. The molecule has 1 heterocycles. The number of quaternary nitrogens is 1. The summed E-state index contributed by atoms with van der Waals surface area (Å²) in [5.74, 6) is -0.0416. The van der Waals surface area contributed by atoms with Crippen LogP contribution in [0.15, 0.2) is 60.7 Å². The molecule has 1 aliphatic heterocycles. The summed E-state index contributed by atoms with van der Waals surface area (Å²) in [6.45, 7) is 6.36. The van der Waals surface area contributed by atoms with E-state index in [0.29, 0.717) is 0 Å². The zero-order chi connectivity index (χ0) is 26.7. The Bertz CT molecular complexity index is 976. The van der Waals surface area contributed by atoms with Gasteiger partial charge in [-0.15, -0.1) is 9.60 Å². The summed E-state index contributed by atoms with van der Waals surface area (Å²) >= 11 is 0. The second-order valence-corrected chi connectivity index (χ2v) is 11.2. The Morgan fingerprint density at radius 1 is 0.703 bits per heavy atom. The highest BCUT2D eigenvalue weighted by Crippen LogP contribution is 2.49. The summed E-state index contributed by atoms with van der Waals surface area (Å²) in [5, 5.41) is 1.73. The lowest BCUT2D eigenvalue weighted by atomic mass is 9.71. The van der Waals surface area contributed by atoms with Crippen molar-refractivity contribution in [3.8, 4) is 0 Å². The van der Waals surface area contributed by atoms with Crippen LogP contribution < -0.4 is 9.60 Å². The maximum Gasteiger partial charge on any atom is 0.359 e. The van der Waals surface area contributed by atoms with Crippen molar-refractivity contribution in [2.75, 3.05) is 12.1 Å². The van der Waals surface area contributed by atoms with Gasteiger partial charge >= 0.3 is 5.91 Å². The van der Waals surface area contributed by atoms with Crippen molar-refractivity contribution < 1.29 is 9.59 Å². The fourth-order valence-corrected chi connectivity index (χ4v) is 6.20. The molecule has 3 rings (SSSR count). The number of nitrogens with zero attached hydrogens (tertiary/aromatic N) is 2. The van der Waals surface area contributed by atoms with Crippen LogP contribution in [0.4, 0.5) is 11.4 Å². The van der Waals surface area contributed by atoms with Crippen LogP contribution in [0.2, 0.25) is 0 Å². The summed E-state index contributed by atoms with van der Waals surface area (Å²) in [7, 11) is 1.89. The fraction of sp³-hybridized carbons (Fsp3) is 0.576. The number of amides is 2. The van der Waals surface area contributed by atoms with Gasteiger partial charge in [-0.2, -0.15) is 0 Å². The van der Waals surface area contributed by atoms with Crippen LogP contribution in [0.1, 0.15) is 104 Å². The van der Waals surface area contributed by atoms with Gasteiger partial charge in [0.2, 0.25) is 0 Å². The molecule has 4 nitrogen and oxygen atoms in total. The molecular formula is C33H49N2O2+. The Hall–Kier alpha value is -2.46. The first-order valence-electron chi connectivity index (χ1n) is 14.8. The Morgan fingerprint density at radius 3 is 1.76 bits per heavy atom. The quantitative estimate of drug-likeness (QED) is 0.130. The molecule has 1 fully saturated rings. The highest BCUT2D eigenvalue weighted by atomic mass is 16.2. The first-order valence-corrected chi connectivity index (χ1v) is 14.8. The van der Waals surface area contributed by atoms with Crippen LogP contribution in [0.5, 0.6) is 0 Å². The third kappa shape index (κ3) is 6.34. The van der Waals surface area contributed by atoms with Crippen molar-refractivity contribution in [2.24, 2.45) is 11.3 Å². The summed E-state index contributed by atoms with van der Waals surface area (Å²) in [6.07, 6.45) is 15.7. The lowest BCUT2D eigenvalue weighted by Gasteiger charge is -2.33. The van der Waals surface area contributed by atoms with Crippen LogP contribution in [-0.4, -0.2) is 18.9 Å².